The van der Waals surface area contributed by atoms with E-state index in [1.54, 1.807) is 0 Å². The van der Waals surface area contributed by atoms with E-state index in [0.29, 0.717) is 18.2 Å². The second kappa shape index (κ2) is 6.69. The molecule has 2 rings (SSSR count). The number of hydrogen-bond donors (Lipinski definition) is 1. The molecule has 3 unspecified atom stereocenters. The Morgan fingerprint density at radius 3 is 3.06 bits per heavy atom. The summed E-state index contributed by atoms with van der Waals surface area (Å²) in [5.74, 6) is 0. The van der Waals surface area contributed by atoms with Crippen LogP contribution in [0.4, 0.5) is 0 Å². The Morgan fingerprint density at radius 1 is 1.47 bits per heavy atom. The maximum absolute atomic E-state index is 5.80. The highest BCUT2D eigenvalue weighted by atomic mass is 16.5. The van der Waals surface area contributed by atoms with Gasteiger partial charge in [-0.3, -0.25) is 4.90 Å². The molecule has 0 spiro atoms. The molecule has 0 aliphatic carbocycles. The van der Waals surface area contributed by atoms with Gasteiger partial charge in [-0.25, -0.2) is 0 Å². The second-order valence-electron chi connectivity index (χ2n) is 5.21. The van der Waals surface area contributed by atoms with E-state index >= 15 is 0 Å². The van der Waals surface area contributed by atoms with E-state index in [9.17, 15) is 0 Å². The number of methoxy groups -OCH3 is 1. The summed E-state index contributed by atoms with van der Waals surface area (Å²) >= 11 is 0. The third-order valence-corrected chi connectivity index (χ3v) is 3.88. The quantitative estimate of drug-likeness (QED) is 0.793. The van der Waals surface area contributed by atoms with Crippen LogP contribution in [0.25, 0.3) is 0 Å². The van der Waals surface area contributed by atoms with Gasteiger partial charge < -0.3 is 14.8 Å². The summed E-state index contributed by atoms with van der Waals surface area (Å²) < 4.78 is 11.2. The summed E-state index contributed by atoms with van der Waals surface area (Å²) in [6.07, 6.45) is 4.26. The van der Waals surface area contributed by atoms with E-state index in [2.05, 4.69) is 17.1 Å². The molecule has 2 heterocycles. The predicted molar refractivity (Wildman–Crippen MR) is 68.3 cm³/mol. The molecule has 17 heavy (non-hydrogen) atoms. The van der Waals surface area contributed by atoms with Crippen LogP contribution in [0.1, 0.15) is 26.2 Å². The molecular formula is C13H26N2O2. The molecule has 0 aromatic carbocycles. The van der Waals surface area contributed by atoms with Crippen molar-refractivity contribution in [2.45, 2.75) is 44.4 Å². The van der Waals surface area contributed by atoms with Gasteiger partial charge in [0.1, 0.15) is 0 Å². The van der Waals surface area contributed by atoms with Crippen LogP contribution < -0.4 is 5.32 Å². The van der Waals surface area contributed by atoms with Gasteiger partial charge >= 0.3 is 0 Å². The summed E-state index contributed by atoms with van der Waals surface area (Å²) in [6.45, 7) is 7.54. The van der Waals surface area contributed by atoms with Crippen LogP contribution in [-0.2, 0) is 9.47 Å². The van der Waals surface area contributed by atoms with Crippen LogP contribution >= 0.6 is 0 Å². The van der Waals surface area contributed by atoms with Crippen LogP contribution in [0.2, 0.25) is 0 Å². The third kappa shape index (κ3) is 3.91. The van der Waals surface area contributed by atoms with E-state index in [1.807, 2.05) is 7.11 Å². The Balaban J connectivity index is 1.77. The van der Waals surface area contributed by atoms with Crippen LogP contribution in [0.3, 0.4) is 0 Å². The molecule has 1 N–H and O–H groups in total. The number of hydrogen-bond acceptors (Lipinski definition) is 4. The van der Waals surface area contributed by atoms with Gasteiger partial charge in [0.25, 0.3) is 0 Å². The number of nitrogens with one attached hydrogen (secondary N) is 1. The normalized spacial score (nSPS) is 36.0. The number of rotatable bonds is 4. The van der Waals surface area contributed by atoms with E-state index in [4.69, 9.17) is 9.47 Å². The van der Waals surface area contributed by atoms with Gasteiger partial charge in [0, 0.05) is 45.9 Å². The van der Waals surface area contributed by atoms with Gasteiger partial charge in [-0.2, -0.15) is 0 Å². The van der Waals surface area contributed by atoms with Crippen molar-refractivity contribution in [1.82, 2.24) is 10.2 Å². The topological polar surface area (TPSA) is 33.7 Å². The minimum absolute atomic E-state index is 0.408. The van der Waals surface area contributed by atoms with E-state index in [1.165, 1.54) is 6.54 Å². The van der Waals surface area contributed by atoms with Crippen molar-refractivity contribution in [2.24, 2.45) is 0 Å². The standard InChI is InChI=1S/C13H26N2O2/c1-3-12-10-15(5-4-6-17-12)9-11-7-13(16-2)8-14-11/h11-14H,3-10H2,1-2H3. The first kappa shape index (κ1) is 13.3. The van der Waals surface area contributed by atoms with Gasteiger partial charge in [0.2, 0.25) is 0 Å². The third-order valence-electron chi connectivity index (χ3n) is 3.88. The van der Waals surface area contributed by atoms with Gasteiger partial charge in [0.15, 0.2) is 0 Å². The molecule has 0 saturated carbocycles. The zero-order valence-electron chi connectivity index (χ0n) is 11.2. The fraction of sp³-hybridized carbons (Fsp3) is 1.00. The Morgan fingerprint density at radius 2 is 2.35 bits per heavy atom. The first-order valence-corrected chi connectivity index (χ1v) is 6.92. The Kier molecular flexibility index (Phi) is 5.22. The molecule has 2 aliphatic heterocycles. The summed E-state index contributed by atoms with van der Waals surface area (Å²) in [5.41, 5.74) is 0. The monoisotopic (exact) mass is 242 g/mol. The fourth-order valence-corrected chi connectivity index (χ4v) is 2.80. The minimum atomic E-state index is 0.408. The molecule has 0 bridgehead atoms. The van der Waals surface area contributed by atoms with Gasteiger partial charge in [-0.15, -0.1) is 0 Å². The van der Waals surface area contributed by atoms with Crippen LogP contribution in [0.5, 0.6) is 0 Å². The average Bonchev–Trinajstić information content (AvgIpc) is 2.67. The highest BCUT2D eigenvalue weighted by Crippen LogP contribution is 2.14. The van der Waals surface area contributed by atoms with Gasteiger partial charge in [-0.05, 0) is 19.3 Å². The molecule has 4 nitrogen and oxygen atoms in total. The second-order valence-corrected chi connectivity index (χ2v) is 5.21. The van der Waals surface area contributed by atoms with Crippen molar-refractivity contribution in [3.05, 3.63) is 0 Å². The lowest BCUT2D eigenvalue weighted by atomic mass is 10.1. The van der Waals surface area contributed by atoms with Crippen molar-refractivity contribution >= 4 is 0 Å². The lowest BCUT2D eigenvalue weighted by Crippen LogP contribution is -2.40. The van der Waals surface area contributed by atoms with Crippen molar-refractivity contribution in [3.8, 4) is 0 Å². The fourth-order valence-electron chi connectivity index (χ4n) is 2.80. The molecule has 100 valence electrons. The van der Waals surface area contributed by atoms with Crippen molar-refractivity contribution in [3.63, 3.8) is 0 Å². The molecule has 0 aromatic heterocycles. The maximum Gasteiger partial charge on any atom is 0.0711 e. The van der Waals surface area contributed by atoms with Crippen LogP contribution in [-0.4, -0.2) is 63.0 Å². The zero-order chi connectivity index (χ0) is 12.1. The Labute approximate surface area is 105 Å². The first-order valence-electron chi connectivity index (χ1n) is 6.92. The summed E-state index contributed by atoms with van der Waals surface area (Å²) in [4.78, 5) is 2.55. The minimum Gasteiger partial charge on any atom is -0.380 e. The number of ether oxygens (including phenoxy) is 2. The van der Waals surface area contributed by atoms with Crippen LogP contribution in [0.15, 0.2) is 0 Å². The first-order chi connectivity index (χ1) is 8.31. The smallest absolute Gasteiger partial charge is 0.0711 e. The highest BCUT2D eigenvalue weighted by Gasteiger charge is 2.26. The summed E-state index contributed by atoms with van der Waals surface area (Å²) in [6, 6.07) is 0.593. The van der Waals surface area contributed by atoms with Crippen molar-refractivity contribution < 1.29 is 9.47 Å². The Bertz CT molecular complexity index is 225. The van der Waals surface area contributed by atoms with Crippen LogP contribution in [0, 0.1) is 0 Å². The largest absolute Gasteiger partial charge is 0.380 e. The molecule has 3 atom stereocenters. The number of nitrogens with zero attached hydrogens (tertiary/aromatic N) is 1. The maximum atomic E-state index is 5.80. The molecule has 0 aromatic rings. The SMILES string of the molecule is CCC1CN(CC2CC(OC)CN2)CCCO1. The van der Waals surface area contributed by atoms with E-state index in [-0.39, 0.29) is 0 Å². The molecule has 4 heteroatoms. The summed E-state index contributed by atoms with van der Waals surface area (Å²) in [7, 11) is 1.81. The molecule has 2 saturated heterocycles. The predicted octanol–water partition coefficient (Wildman–Crippen LogP) is 0.864. The molecular weight excluding hydrogens is 216 g/mol. The summed E-state index contributed by atoms with van der Waals surface area (Å²) in [5, 5.41) is 3.55. The zero-order valence-corrected chi connectivity index (χ0v) is 11.2. The average molecular weight is 242 g/mol. The van der Waals surface area contributed by atoms with Gasteiger partial charge in [-0.1, -0.05) is 6.92 Å². The van der Waals surface area contributed by atoms with E-state index < -0.39 is 0 Å². The van der Waals surface area contributed by atoms with Gasteiger partial charge in [0.05, 0.1) is 12.2 Å². The highest BCUT2D eigenvalue weighted by molar-refractivity contribution is 4.85. The molecule has 2 fully saturated rings. The molecule has 0 amide bonds. The van der Waals surface area contributed by atoms with E-state index in [0.717, 1.165) is 45.5 Å². The lowest BCUT2D eigenvalue weighted by molar-refractivity contribution is 0.0506. The van der Waals surface area contributed by atoms with Crippen molar-refractivity contribution in [1.29, 1.82) is 0 Å². The Hall–Kier alpha value is -0.160. The van der Waals surface area contributed by atoms with Crippen molar-refractivity contribution in [2.75, 3.05) is 39.9 Å². The lowest BCUT2D eigenvalue weighted by Gasteiger charge is -2.26. The molecule has 2 aliphatic rings. The molecule has 0 radical (unpaired) electrons.